The lowest BCUT2D eigenvalue weighted by molar-refractivity contribution is -1.09. The summed E-state index contributed by atoms with van der Waals surface area (Å²) in [5.41, 5.74) is 3.52. The molecule has 0 aliphatic carbocycles. The molecule has 0 aromatic carbocycles. The molecular formula is C22H45N3O8S4. The molecule has 0 rings (SSSR count). The Hall–Kier alpha value is 0.180. The molecule has 0 aliphatic heterocycles. The lowest BCUT2D eigenvalue weighted by Crippen LogP contribution is -2.79. The van der Waals surface area contributed by atoms with Crippen molar-refractivity contribution in [1.29, 1.82) is 0 Å². The van der Waals surface area contributed by atoms with Gasteiger partial charge in [0.05, 0.1) is 8.64 Å². The molecule has 11 nitrogen and oxygen atoms in total. The molecule has 15 heteroatoms. The third kappa shape index (κ3) is 12.5. The predicted molar refractivity (Wildman–Crippen MR) is 153 cm³/mol. The zero-order valence-electron chi connectivity index (χ0n) is 23.3. The lowest BCUT2D eigenvalue weighted by Gasteiger charge is -2.50. The highest BCUT2D eigenvalue weighted by molar-refractivity contribution is 8.00. The Kier molecular flexibility index (Phi) is 20.2. The average Bonchev–Trinajstić information content (AvgIpc) is 2.85. The van der Waals surface area contributed by atoms with Crippen molar-refractivity contribution in [3.8, 4) is 0 Å². The molecule has 0 aromatic heterocycles. The highest BCUT2D eigenvalue weighted by Gasteiger charge is 2.47. The van der Waals surface area contributed by atoms with Crippen LogP contribution >= 0.6 is 24.4 Å². The molecule has 0 saturated heterocycles. The summed E-state index contributed by atoms with van der Waals surface area (Å²) in [6.07, 6.45) is -2.69. The van der Waals surface area contributed by atoms with Crippen LogP contribution in [0.3, 0.4) is 0 Å². The van der Waals surface area contributed by atoms with Gasteiger partial charge in [0.15, 0.2) is 26.2 Å². The van der Waals surface area contributed by atoms with E-state index in [4.69, 9.17) is 87.6 Å². The number of rotatable bonds is 22. The van der Waals surface area contributed by atoms with Gasteiger partial charge < -0.3 is 87.6 Å². The van der Waals surface area contributed by atoms with Gasteiger partial charge in [-0.1, -0.05) is 0 Å². The fraction of sp³-hybridized carbons (Fsp3) is 0.909. The summed E-state index contributed by atoms with van der Waals surface area (Å²) in [4.78, 5) is 0. The first-order valence-electron chi connectivity index (χ1n) is 12.1. The molecule has 0 radical (unpaired) electrons. The van der Waals surface area contributed by atoms with Crippen molar-refractivity contribution in [2.24, 2.45) is 0 Å². The van der Waals surface area contributed by atoms with E-state index in [0.717, 1.165) is 0 Å². The van der Waals surface area contributed by atoms with Gasteiger partial charge in [-0.25, -0.2) is 0 Å². The molecule has 220 valence electrons. The number of nitrogens with zero attached hydrogens (tertiary/aromatic N) is 2. The molecule has 0 aromatic rings. The maximum Gasteiger partial charge on any atom is 0.209 e. The molecule has 0 saturated carbocycles. The van der Waals surface area contributed by atoms with Crippen LogP contribution in [0.2, 0.25) is 0 Å². The van der Waals surface area contributed by atoms with Crippen LogP contribution in [0.4, 0.5) is 0 Å². The van der Waals surface area contributed by atoms with E-state index in [1.54, 1.807) is 0 Å². The maximum absolute atomic E-state index is 5.86. The summed E-state index contributed by atoms with van der Waals surface area (Å²) in [5, 5.41) is 0. The molecule has 0 heterocycles. The highest BCUT2D eigenvalue weighted by Crippen LogP contribution is 2.21. The van der Waals surface area contributed by atoms with Crippen molar-refractivity contribution in [3.05, 3.63) is 0 Å². The fourth-order valence-electron chi connectivity index (χ4n) is 3.62. The Labute approximate surface area is 244 Å². The number of quaternary nitrogens is 2. The number of hydrogen-bond donors (Lipinski definition) is 1. The summed E-state index contributed by atoms with van der Waals surface area (Å²) in [7, 11) is 6.13. The highest BCUT2D eigenvalue weighted by atomic mass is 32.1. The monoisotopic (exact) mass is 607 g/mol. The molecule has 1 N–H and O–H groups in total. The van der Waals surface area contributed by atoms with E-state index < -0.39 is 25.2 Å². The Morgan fingerprint density at radius 3 is 1.00 bits per heavy atom. The van der Waals surface area contributed by atoms with Crippen LogP contribution in [0, 0.1) is 0 Å². The number of ether oxygens (including phenoxy) is 8. The molecule has 0 spiro atoms. The summed E-state index contributed by atoms with van der Waals surface area (Å²) < 4.78 is 45.4. The molecule has 2 unspecified atom stereocenters. The van der Waals surface area contributed by atoms with Gasteiger partial charge in [-0.15, -0.1) is 0 Å². The summed E-state index contributed by atoms with van der Waals surface area (Å²) >= 11 is 22.6. The predicted octanol–water partition coefficient (Wildman–Crippen LogP) is 1.74. The smallest absolute Gasteiger partial charge is 0.209 e. The zero-order chi connectivity index (χ0) is 28.5. The molecular weight excluding hydrogens is 563 g/mol. The van der Waals surface area contributed by atoms with Crippen LogP contribution in [-0.2, 0) is 63.2 Å². The summed E-state index contributed by atoms with van der Waals surface area (Å²) in [6.45, 7) is 9.82. The minimum atomic E-state index is -0.687. The molecule has 0 amide bonds. The molecule has 37 heavy (non-hydrogen) atoms. The van der Waals surface area contributed by atoms with Gasteiger partial charge in [0, 0.05) is 54.9 Å². The largest absolute Gasteiger partial charge is 0.368 e. The van der Waals surface area contributed by atoms with Gasteiger partial charge in [0.2, 0.25) is 25.2 Å². The number of nitrogens with one attached hydrogen (secondary N) is 1. The summed E-state index contributed by atoms with van der Waals surface area (Å²) in [5.74, 6) is 0. The van der Waals surface area contributed by atoms with Crippen molar-refractivity contribution < 1.29 is 47.1 Å². The van der Waals surface area contributed by atoms with E-state index in [9.17, 15) is 0 Å². The zero-order valence-corrected chi connectivity index (χ0v) is 26.5. The van der Waals surface area contributed by atoms with Gasteiger partial charge >= 0.3 is 0 Å². The van der Waals surface area contributed by atoms with Gasteiger partial charge in [0.25, 0.3) is 0 Å². The van der Waals surface area contributed by atoms with Crippen molar-refractivity contribution in [1.82, 2.24) is 5.53 Å². The Balaban J connectivity index is 6.95. The van der Waals surface area contributed by atoms with Crippen LogP contribution in [0.15, 0.2) is 0 Å². The van der Waals surface area contributed by atoms with Crippen molar-refractivity contribution >= 4 is 58.3 Å². The van der Waals surface area contributed by atoms with Crippen LogP contribution in [0.1, 0.15) is 27.7 Å². The van der Waals surface area contributed by atoms with E-state index in [1.807, 2.05) is 27.7 Å². The maximum atomic E-state index is 5.86. The second-order valence-corrected chi connectivity index (χ2v) is 9.84. The number of methoxy groups -OCH3 is 4. The molecule has 0 fully saturated rings. The third-order valence-electron chi connectivity index (χ3n) is 5.39. The third-order valence-corrected chi connectivity index (χ3v) is 6.78. The number of hydrogen-bond acceptors (Lipinski definition) is 13. The first kappa shape index (κ1) is 37.2. The van der Waals surface area contributed by atoms with E-state index in [0.29, 0.717) is 26.4 Å². The van der Waals surface area contributed by atoms with E-state index in [1.165, 1.54) is 28.4 Å². The molecule has 0 aliphatic rings. The van der Waals surface area contributed by atoms with Gasteiger partial charge in [-0.05, 0) is 33.2 Å². The van der Waals surface area contributed by atoms with E-state index >= 15 is 0 Å². The van der Waals surface area contributed by atoms with Crippen molar-refractivity contribution in [2.45, 2.75) is 52.9 Å². The fourth-order valence-corrected chi connectivity index (χ4v) is 4.38. The van der Waals surface area contributed by atoms with Crippen LogP contribution < -0.4 is 5.53 Å². The topological polar surface area (TPSA) is 85.9 Å². The first-order chi connectivity index (χ1) is 17.6. The van der Waals surface area contributed by atoms with E-state index in [2.05, 4.69) is 5.53 Å². The number of thiocarbonyl (C=S) groups is 2. The normalized spacial score (nSPS) is 15.5. The van der Waals surface area contributed by atoms with Crippen molar-refractivity contribution in [3.63, 3.8) is 0 Å². The Morgan fingerprint density at radius 1 is 0.568 bits per heavy atom. The second-order valence-electron chi connectivity index (χ2n) is 7.78. The Morgan fingerprint density at radius 2 is 0.811 bits per heavy atom. The van der Waals surface area contributed by atoms with E-state index in [-0.39, 0.29) is 44.0 Å². The molecule has 2 atom stereocenters. The van der Waals surface area contributed by atoms with Gasteiger partial charge in [-0.2, -0.15) is 9.18 Å². The van der Waals surface area contributed by atoms with Gasteiger partial charge in [-0.3, -0.25) is 0 Å². The second kappa shape index (κ2) is 20.1. The van der Waals surface area contributed by atoms with Crippen molar-refractivity contribution in [2.75, 3.05) is 81.0 Å². The standard InChI is InChI=1S/C22H45N3O8S4/c1-9-30-19(31-10-2)15-24(21(34)35,13-17(26-5)27-6)23-25(22(36)37,14-18(28-7)29-8)16-20(32-11-3)33-12-4/h17-20,23H,9-16H2,1-8H3. The van der Waals surface area contributed by atoms with Crippen LogP contribution in [-0.4, -0.2) is 124 Å². The van der Waals surface area contributed by atoms with Gasteiger partial charge in [0.1, 0.15) is 0 Å². The SMILES string of the molecule is CCOC(C[N+](CC(OC)OC)(N[N+](CC(OC)OC)(CC(OCC)OCC)C(=S)[S-])C(=S)[S-])OCC. The first-order valence-corrected chi connectivity index (χ1v) is 13.7. The van der Waals surface area contributed by atoms with Crippen LogP contribution in [0.5, 0.6) is 0 Å². The lowest BCUT2D eigenvalue weighted by atomic mass is 10.4. The summed E-state index contributed by atoms with van der Waals surface area (Å²) in [6, 6.07) is 0. The minimum Gasteiger partial charge on any atom is -0.368 e. The minimum absolute atomic E-state index is 0.146. The quantitative estimate of drug-likeness (QED) is 0.0638. The molecule has 0 bridgehead atoms. The average molecular weight is 608 g/mol. The van der Waals surface area contributed by atoms with Crippen LogP contribution in [0.25, 0.3) is 0 Å². The Bertz CT molecular complexity index is 585.